The summed E-state index contributed by atoms with van der Waals surface area (Å²) in [5, 5.41) is 3.58. The molecular weight excluding hydrogens is 513 g/mol. The molecule has 2 aliphatic rings. The lowest BCUT2D eigenvalue weighted by atomic mass is 10.1. The number of nitrogens with one attached hydrogen (secondary N) is 1. The van der Waals surface area contributed by atoms with E-state index in [1.165, 1.54) is 19.2 Å². The van der Waals surface area contributed by atoms with E-state index in [4.69, 9.17) is 4.74 Å². The highest BCUT2D eigenvalue weighted by atomic mass is 19.1. The van der Waals surface area contributed by atoms with Gasteiger partial charge in [-0.15, -0.1) is 0 Å². The van der Waals surface area contributed by atoms with Gasteiger partial charge in [0.05, 0.1) is 23.5 Å². The van der Waals surface area contributed by atoms with Gasteiger partial charge in [-0.05, 0) is 54.6 Å². The molecule has 1 fully saturated rings. The Balaban J connectivity index is 1.16. The van der Waals surface area contributed by atoms with Gasteiger partial charge in [-0.3, -0.25) is 19.3 Å². The zero-order valence-electron chi connectivity index (χ0n) is 22.0. The summed E-state index contributed by atoms with van der Waals surface area (Å²) >= 11 is 0. The molecule has 0 radical (unpaired) electrons. The number of amides is 2. The molecule has 0 aliphatic carbocycles. The Labute approximate surface area is 230 Å². The molecule has 0 unspecified atom stereocenters. The minimum Gasteiger partial charge on any atom is -0.497 e. The number of anilines is 1. The number of carbonyl (C=O) groups excluding carboxylic acids is 3. The van der Waals surface area contributed by atoms with Crippen molar-refractivity contribution in [3.05, 3.63) is 106 Å². The molecule has 0 aromatic heterocycles. The molecule has 40 heavy (non-hydrogen) atoms. The zero-order valence-corrected chi connectivity index (χ0v) is 22.0. The van der Waals surface area contributed by atoms with Crippen LogP contribution in [0.5, 0.6) is 5.75 Å². The first kappa shape index (κ1) is 26.9. The number of ether oxygens (including phenoxy) is 1. The van der Waals surface area contributed by atoms with Crippen LogP contribution in [0.2, 0.25) is 0 Å². The molecule has 2 heterocycles. The van der Waals surface area contributed by atoms with E-state index in [1.807, 2.05) is 11.0 Å². The first-order chi connectivity index (χ1) is 19.4. The van der Waals surface area contributed by atoms with Gasteiger partial charge in [-0.25, -0.2) is 14.4 Å². The third kappa shape index (κ3) is 6.13. The lowest BCUT2D eigenvalue weighted by molar-refractivity contribution is -0.114. The summed E-state index contributed by atoms with van der Waals surface area (Å²) in [6.45, 7) is 4.05. The van der Waals surface area contributed by atoms with E-state index >= 15 is 0 Å². The predicted molar refractivity (Wildman–Crippen MR) is 147 cm³/mol. The number of hydrogen-bond acceptors (Lipinski definition) is 7. The van der Waals surface area contributed by atoms with Crippen LogP contribution < -0.4 is 25.7 Å². The van der Waals surface area contributed by atoms with Gasteiger partial charge in [0.25, 0.3) is 11.8 Å². The quantitative estimate of drug-likeness (QED) is 0.345. The average Bonchev–Trinajstić information content (AvgIpc) is 2.98. The number of halogens is 1. The molecule has 0 atom stereocenters. The molecule has 3 aromatic rings. The summed E-state index contributed by atoms with van der Waals surface area (Å²) in [5.74, 6) is -0.916. The maximum Gasteiger partial charge on any atom is 0.296 e. The molecule has 0 bridgehead atoms. The van der Waals surface area contributed by atoms with Crippen molar-refractivity contribution in [3.63, 3.8) is 0 Å². The van der Waals surface area contributed by atoms with Crippen molar-refractivity contribution < 1.29 is 23.5 Å². The number of piperazine rings is 1. The molecule has 204 valence electrons. The summed E-state index contributed by atoms with van der Waals surface area (Å²) in [5.41, 5.74) is 1.29. The lowest BCUT2D eigenvalue weighted by Crippen LogP contribution is -2.48. The molecule has 0 spiro atoms. The van der Waals surface area contributed by atoms with Crippen molar-refractivity contribution in [2.24, 2.45) is 9.98 Å². The fraction of sp³-hybridized carbons (Fsp3) is 0.233. The fourth-order valence-corrected chi connectivity index (χ4v) is 4.60. The van der Waals surface area contributed by atoms with Crippen LogP contribution in [0.4, 0.5) is 10.1 Å². The number of carbonyl (C=O) groups is 3. The number of methoxy groups -OCH3 is 1. The molecular formula is C30H28FN5O4. The SMILES string of the molecule is COc1ccc(C(=O)/C=C2\N=c3ccc(C(=O)NCCN4CCN(c5ccccc5F)CC4)cc3=NC2=O)cc1. The van der Waals surface area contributed by atoms with Crippen LogP contribution in [-0.4, -0.2) is 68.9 Å². The van der Waals surface area contributed by atoms with Gasteiger partial charge in [0.1, 0.15) is 17.3 Å². The highest BCUT2D eigenvalue weighted by Gasteiger charge is 2.20. The van der Waals surface area contributed by atoms with Gasteiger partial charge in [0.2, 0.25) is 0 Å². The first-order valence-corrected chi connectivity index (χ1v) is 12.9. The zero-order chi connectivity index (χ0) is 28.1. The predicted octanol–water partition coefficient (Wildman–Crippen LogP) is 1.93. The van der Waals surface area contributed by atoms with Gasteiger partial charge in [0, 0.05) is 56.5 Å². The van der Waals surface area contributed by atoms with Crippen LogP contribution in [0, 0.1) is 5.82 Å². The molecule has 10 heteroatoms. The van der Waals surface area contributed by atoms with Crippen LogP contribution in [0.25, 0.3) is 0 Å². The standard InChI is InChI=1S/C30H28FN5O4/c1-40-22-9-6-20(7-10-22)28(37)19-26-30(39)34-25-18-21(8-11-24(25)33-26)29(38)32-12-13-35-14-16-36(17-15-35)27-5-3-2-4-23(27)31/h2-11,18-19H,12-17H2,1H3,(H,32,38)/b26-19-. The highest BCUT2D eigenvalue weighted by molar-refractivity contribution is 6.09. The largest absolute Gasteiger partial charge is 0.497 e. The molecule has 0 saturated carbocycles. The smallest absolute Gasteiger partial charge is 0.296 e. The second-order valence-corrected chi connectivity index (χ2v) is 9.39. The molecule has 1 saturated heterocycles. The molecule has 3 aromatic carbocycles. The second-order valence-electron chi connectivity index (χ2n) is 9.39. The minimum atomic E-state index is -0.651. The Hall–Kier alpha value is -4.70. The van der Waals surface area contributed by atoms with Crippen molar-refractivity contribution in [2.75, 3.05) is 51.3 Å². The normalized spacial score (nSPS) is 16.1. The van der Waals surface area contributed by atoms with Gasteiger partial charge in [-0.2, -0.15) is 0 Å². The number of ketones is 1. The molecule has 5 rings (SSSR count). The summed E-state index contributed by atoms with van der Waals surface area (Å²) < 4.78 is 19.1. The summed E-state index contributed by atoms with van der Waals surface area (Å²) in [4.78, 5) is 50.5. The molecule has 9 nitrogen and oxygen atoms in total. The highest BCUT2D eigenvalue weighted by Crippen LogP contribution is 2.20. The van der Waals surface area contributed by atoms with Crippen molar-refractivity contribution in [1.29, 1.82) is 0 Å². The van der Waals surface area contributed by atoms with Crippen LogP contribution in [0.1, 0.15) is 20.7 Å². The number of nitrogens with zero attached hydrogens (tertiary/aromatic N) is 4. The van der Waals surface area contributed by atoms with E-state index < -0.39 is 5.91 Å². The Kier molecular flexibility index (Phi) is 8.07. The number of rotatable bonds is 8. The molecule has 1 N–H and O–H groups in total. The minimum absolute atomic E-state index is 0.0689. The molecule has 2 amide bonds. The maximum atomic E-state index is 14.1. The number of allylic oxidation sites excluding steroid dienone is 1. The maximum absolute atomic E-state index is 14.1. The summed E-state index contributed by atoms with van der Waals surface area (Å²) in [6.07, 6.45) is 1.16. The Morgan fingerprint density at radius 2 is 1.68 bits per heavy atom. The third-order valence-electron chi connectivity index (χ3n) is 6.84. The summed E-state index contributed by atoms with van der Waals surface area (Å²) in [7, 11) is 1.53. The van der Waals surface area contributed by atoms with E-state index in [9.17, 15) is 18.8 Å². The first-order valence-electron chi connectivity index (χ1n) is 12.9. The van der Waals surface area contributed by atoms with Crippen LogP contribution in [-0.2, 0) is 4.79 Å². The van der Waals surface area contributed by atoms with Crippen molar-refractivity contribution in [3.8, 4) is 5.75 Å². The number of hydrogen-bond donors (Lipinski definition) is 1. The Bertz CT molecular complexity index is 1600. The topological polar surface area (TPSA) is 104 Å². The number of para-hydroxylation sites is 1. The second kappa shape index (κ2) is 12.0. The van der Waals surface area contributed by atoms with E-state index in [-0.39, 0.29) is 28.6 Å². The lowest BCUT2D eigenvalue weighted by Gasteiger charge is -2.36. The third-order valence-corrected chi connectivity index (χ3v) is 6.84. The summed E-state index contributed by atoms with van der Waals surface area (Å²) in [6, 6.07) is 18.0. The molecule has 2 aliphatic heterocycles. The number of benzene rings is 3. The van der Waals surface area contributed by atoms with Crippen LogP contribution in [0.15, 0.2) is 88.5 Å². The van der Waals surface area contributed by atoms with Crippen molar-refractivity contribution >= 4 is 23.3 Å². The van der Waals surface area contributed by atoms with Crippen molar-refractivity contribution in [2.45, 2.75) is 0 Å². The Morgan fingerprint density at radius 1 is 0.950 bits per heavy atom. The Morgan fingerprint density at radius 3 is 2.40 bits per heavy atom. The van der Waals surface area contributed by atoms with E-state index in [2.05, 4.69) is 20.2 Å². The van der Waals surface area contributed by atoms with E-state index in [0.29, 0.717) is 54.1 Å². The van der Waals surface area contributed by atoms with Gasteiger partial charge in [0.15, 0.2) is 5.78 Å². The van der Waals surface area contributed by atoms with Crippen LogP contribution in [0.3, 0.4) is 0 Å². The van der Waals surface area contributed by atoms with Crippen molar-refractivity contribution in [1.82, 2.24) is 10.2 Å². The fourth-order valence-electron chi connectivity index (χ4n) is 4.60. The van der Waals surface area contributed by atoms with Crippen LogP contribution >= 0.6 is 0 Å². The monoisotopic (exact) mass is 541 g/mol. The van der Waals surface area contributed by atoms with Gasteiger partial charge >= 0.3 is 0 Å². The van der Waals surface area contributed by atoms with E-state index in [0.717, 1.165) is 19.2 Å². The van der Waals surface area contributed by atoms with E-state index in [1.54, 1.807) is 48.5 Å². The number of fused-ring (bicyclic) bond motifs is 1. The van der Waals surface area contributed by atoms with Gasteiger partial charge in [-0.1, -0.05) is 12.1 Å². The van der Waals surface area contributed by atoms with Gasteiger partial charge < -0.3 is 15.0 Å². The average molecular weight is 542 g/mol.